The number of anilines is 2. The number of aryl methyl sites for hydroxylation is 1. The first-order chi connectivity index (χ1) is 12.7. The van der Waals surface area contributed by atoms with Crippen molar-refractivity contribution in [2.24, 2.45) is 0 Å². The second-order valence-corrected chi connectivity index (χ2v) is 6.53. The van der Waals surface area contributed by atoms with Crippen LogP contribution >= 0.6 is 0 Å². The van der Waals surface area contributed by atoms with Gasteiger partial charge in [-0.25, -0.2) is 4.98 Å². The molecule has 0 atom stereocenters. The molecule has 2 aromatic heterocycles. The van der Waals surface area contributed by atoms with Crippen LogP contribution in [-0.2, 0) is 0 Å². The SMILES string of the molecule is Cc1nc2ncnn2c(Nc2ccc3cc4ccccc4cc3c2)c1C. The molecule has 126 valence electrons. The van der Waals surface area contributed by atoms with Gasteiger partial charge in [-0.15, -0.1) is 0 Å². The smallest absolute Gasteiger partial charge is 0.254 e. The predicted molar refractivity (Wildman–Crippen MR) is 105 cm³/mol. The maximum Gasteiger partial charge on any atom is 0.254 e. The lowest BCUT2D eigenvalue weighted by Crippen LogP contribution is -2.06. The first-order valence-electron chi connectivity index (χ1n) is 8.55. The fraction of sp³-hybridized carbons (Fsp3) is 0.0952. The molecule has 5 nitrogen and oxygen atoms in total. The van der Waals surface area contributed by atoms with Crippen molar-refractivity contribution in [3.63, 3.8) is 0 Å². The van der Waals surface area contributed by atoms with Gasteiger partial charge < -0.3 is 5.32 Å². The standard InChI is InChI=1S/C21H17N5/c1-13-14(2)24-21-22-12-23-26(21)20(13)25-19-8-7-17-9-15-5-3-4-6-16(15)10-18(17)11-19/h3-12,25H,1-2H3. The summed E-state index contributed by atoms with van der Waals surface area (Å²) in [5.41, 5.74) is 3.01. The van der Waals surface area contributed by atoms with Crippen LogP contribution in [0.1, 0.15) is 11.3 Å². The Morgan fingerprint density at radius 2 is 1.58 bits per heavy atom. The maximum atomic E-state index is 4.47. The summed E-state index contributed by atoms with van der Waals surface area (Å²) in [6.45, 7) is 4.03. The predicted octanol–water partition coefficient (Wildman–Crippen LogP) is 4.79. The van der Waals surface area contributed by atoms with Gasteiger partial charge in [0.2, 0.25) is 0 Å². The average Bonchev–Trinajstić information content (AvgIpc) is 3.11. The highest BCUT2D eigenvalue weighted by Crippen LogP contribution is 2.28. The second-order valence-electron chi connectivity index (χ2n) is 6.53. The molecule has 0 fully saturated rings. The Balaban J connectivity index is 1.65. The highest BCUT2D eigenvalue weighted by molar-refractivity contribution is 5.99. The summed E-state index contributed by atoms with van der Waals surface area (Å²) in [5, 5.41) is 12.7. The third kappa shape index (κ3) is 2.29. The third-order valence-corrected chi connectivity index (χ3v) is 4.87. The van der Waals surface area contributed by atoms with Gasteiger partial charge in [0.15, 0.2) is 0 Å². The van der Waals surface area contributed by atoms with Crippen molar-refractivity contribution in [2.45, 2.75) is 13.8 Å². The summed E-state index contributed by atoms with van der Waals surface area (Å²) in [5.74, 6) is 1.49. The number of benzene rings is 3. The molecule has 5 aromatic rings. The Kier molecular flexibility index (Phi) is 3.15. The second kappa shape index (κ2) is 5.52. The van der Waals surface area contributed by atoms with Crippen molar-refractivity contribution in [2.75, 3.05) is 5.32 Å². The molecule has 0 aliphatic carbocycles. The van der Waals surface area contributed by atoms with Gasteiger partial charge in [-0.1, -0.05) is 30.3 Å². The first kappa shape index (κ1) is 14.8. The van der Waals surface area contributed by atoms with Crippen molar-refractivity contribution in [1.29, 1.82) is 0 Å². The molecule has 2 heterocycles. The van der Waals surface area contributed by atoms with Gasteiger partial charge in [-0.2, -0.15) is 14.6 Å². The van der Waals surface area contributed by atoms with E-state index < -0.39 is 0 Å². The van der Waals surface area contributed by atoms with E-state index in [-0.39, 0.29) is 0 Å². The minimum atomic E-state index is 0.599. The first-order valence-corrected chi connectivity index (χ1v) is 8.55. The molecule has 0 aliphatic heterocycles. The van der Waals surface area contributed by atoms with Gasteiger partial charge in [0.1, 0.15) is 12.1 Å². The number of fused-ring (bicyclic) bond motifs is 3. The largest absolute Gasteiger partial charge is 0.340 e. The molecule has 0 bridgehead atoms. The molecule has 0 radical (unpaired) electrons. The van der Waals surface area contributed by atoms with Crippen LogP contribution in [0, 0.1) is 13.8 Å². The fourth-order valence-corrected chi connectivity index (χ4v) is 3.33. The van der Waals surface area contributed by atoms with Crippen molar-refractivity contribution >= 4 is 38.8 Å². The Bertz CT molecular complexity index is 1290. The molecule has 0 amide bonds. The van der Waals surface area contributed by atoms with Gasteiger partial charge in [0, 0.05) is 16.9 Å². The molecule has 3 aromatic carbocycles. The molecule has 5 heteroatoms. The quantitative estimate of drug-likeness (QED) is 0.470. The molecule has 1 N–H and O–H groups in total. The van der Waals surface area contributed by atoms with Gasteiger partial charge in [0.25, 0.3) is 5.78 Å². The van der Waals surface area contributed by atoms with Crippen LogP contribution in [0.15, 0.2) is 60.9 Å². The minimum Gasteiger partial charge on any atom is -0.340 e. The Labute approximate surface area is 150 Å². The van der Waals surface area contributed by atoms with Crippen LogP contribution in [-0.4, -0.2) is 19.6 Å². The zero-order chi connectivity index (χ0) is 17.7. The zero-order valence-electron chi connectivity index (χ0n) is 14.6. The van der Waals surface area contributed by atoms with Crippen LogP contribution < -0.4 is 5.32 Å². The summed E-state index contributed by atoms with van der Waals surface area (Å²) in [6.07, 6.45) is 1.53. The summed E-state index contributed by atoms with van der Waals surface area (Å²) >= 11 is 0. The van der Waals surface area contributed by atoms with E-state index >= 15 is 0 Å². The lowest BCUT2D eigenvalue weighted by atomic mass is 10.0. The number of nitrogens with zero attached hydrogens (tertiary/aromatic N) is 4. The fourth-order valence-electron chi connectivity index (χ4n) is 3.33. The lowest BCUT2D eigenvalue weighted by Gasteiger charge is -2.13. The van der Waals surface area contributed by atoms with E-state index in [1.54, 1.807) is 4.52 Å². The van der Waals surface area contributed by atoms with E-state index in [1.165, 1.54) is 27.9 Å². The minimum absolute atomic E-state index is 0.599. The molecule has 0 saturated heterocycles. The molecular formula is C21H17N5. The number of hydrogen-bond donors (Lipinski definition) is 1. The molecule has 0 spiro atoms. The van der Waals surface area contributed by atoms with Crippen LogP contribution in [0.2, 0.25) is 0 Å². The highest BCUT2D eigenvalue weighted by atomic mass is 15.4. The summed E-state index contributed by atoms with van der Waals surface area (Å²) in [6, 6.07) is 19.3. The topological polar surface area (TPSA) is 55.1 Å². The van der Waals surface area contributed by atoms with Gasteiger partial charge >= 0.3 is 0 Å². The summed E-state index contributed by atoms with van der Waals surface area (Å²) in [4.78, 5) is 8.68. The number of hydrogen-bond acceptors (Lipinski definition) is 4. The number of rotatable bonds is 2. The van der Waals surface area contributed by atoms with E-state index in [0.717, 1.165) is 22.8 Å². The Morgan fingerprint density at radius 3 is 2.38 bits per heavy atom. The highest BCUT2D eigenvalue weighted by Gasteiger charge is 2.11. The van der Waals surface area contributed by atoms with E-state index in [1.807, 2.05) is 13.8 Å². The normalized spacial score (nSPS) is 11.5. The molecule has 0 saturated carbocycles. The Morgan fingerprint density at radius 1 is 0.846 bits per heavy atom. The van der Waals surface area contributed by atoms with Crippen molar-refractivity contribution in [3.05, 3.63) is 72.2 Å². The summed E-state index contributed by atoms with van der Waals surface area (Å²) in [7, 11) is 0. The molecular weight excluding hydrogens is 322 g/mol. The van der Waals surface area contributed by atoms with Gasteiger partial charge in [0.05, 0.1) is 0 Å². The van der Waals surface area contributed by atoms with Crippen LogP contribution in [0.5, 0.6) is 0 Å². The van der Waals surface area contributed by atoms with Crippen LogP contribution in [0.4, 0.5) is 11.5 Å². The third-order valence-electron chi connectivity index (χ3n) is 4.87. The van der Waals surface area contributed by atoms with Gasteiger partial charge in [-0.3, -0.25) is 0 Å². The molecule has 5 rings (SSSR count). The lowest BCUT2D eigenvalue weighted by molar-refractivity contribution is 0.923. The molecule has 26 heavy (non-hydrogen) atoms. The van der Waals surface area contributed by atoms with Crippen LogP contribution in [0.3, 0.4) is 0 Å². The van der Waals surface area contributed by atoms with E-state index in [0.29, 0.717) is 5.78 Å². The Hall–Kier alpha value is -3.47. The molecule has 0 unspecified atom stereocenters. The average molecular weight is 339 g/mol. The summed E-state index contributed by atoms with van der Waals surface area (Å²) < 4.78 is 1.74. The van der Waals surface area contributed by atoms with Crippen molar-refractivity contribution in [3.8, 4) is 0 Å². The van der Waals surface area contributed by atoms with E-state index in [4.69, 9.17) is 0 Å². The van der Waals surface area contributed by atoms with Gasteiger partial charge in [-0.05, 0) is 59.7 Å². The molecule has 0 aliphatic rings. The van der Waals surface area contributed by atoms with Crippen LogP contribution in [0.25, 0.3) is 27.3 Å². The number of aromatic nitrogens is 4. The number of nitrogens with one attached hydrogen (secondary N) is 1. The van der Waals surface area contributed by atoms with E-state index in [9.17, 15) is 0 Å². The van der Waals surface area contributed by atoms with Crippen molar-refractivity contribution in [1.82, 2.24) is 19.6 Å². The zero-order valence-corrected chi connectivity index (χ0v) is 14.6. The van der Waals surface area contributed by atoms with Crippen molar-refractivity contribution < 1.29 is 0 Å². The monoisotopic (exact) mass is 339 g/mol. The van der Waals surface area contributed by atoms with E-state index in [2.05, 4.69) is 75.0 Å². The maximum absolute atomic E-state index is 4.47.